The molecule has 0 saturated heterocycles. The van der Waals surface area contributed by atoms with Crippen LogP contribution in [-0.2, 0) is 7.05 Å². The van der Waals surface area contributed by atoms with Crippen molar-refractivity contribution in [3.05, 3.63) is 35.9 Å². The lowest BCUT2D eigenvalue weighted by Crippen LogP contribution is -2.40. The maximum absolute atomic E-state index is 14.0. The van der Waals surface area contributed by atoms with Crippen LogP contribution in [0.3, 0.4) is 0 Å². The molecule has 0 spiro atoms. The average molecular weight is 369 g/mol. The fourth-order valence-electron chi connectivity index (χ4n) is 3.73. The van der Waals surface area contributed by atoms with Crippen molar-refractivity contribution in [2.75, 3.05) is 0 Å². The molecule has 1 fully saturated rings. The number of benzene rings is 1. The third kappa shape index (κ3) is 3.34. The second-order valence-electron chi connectivity index (χ2n) is 7.74. The quantitative estimate of drug-likeness (QED) is 0.740. The van der Waals surface area contributed by atoms with Gasteiger partial charge in [-0.3, -0.25) is 9.89 Å². The number of aromatic nitrogens is 4. The molecule has 142 valence electrons. The van der Waals surface area contributed by atoms with Crippen LogP contribution in [0.5, 0.6) is 0 Å². The maximum atomic E-state index is 14.0. The molecule has 0 atom stereocenters. The zero-order valence-corrected chi connectivity index (χ0v) is 15.8. The highest BCUT2D eigenvalue weighted by Gasteiger charge is 2.31. The molecular weight excluding hydrogens is 345 g/mol. The van der Waals surface area contributed by atoms with Gasteiger partial charge in [0.05, 0.1) is 17.4 Å². The van der Waals surface area contributed by atoms with E-state index < -0.39 is 5.67 Å². The van der Waals surface area contributed by atoms with Gasteiger partial charge < -0.3 is 9.88 Å². The Labute approximate surface area is 157 Å². The molecule has 1 aliphatic rings. The first-order valence-corrected chi connectivity index (χ1v) is 9.31. The van der Waals surface area contributed by atoms with Gasteiger partial charge in [-0.15, -0.1) is 0 Å². The number of hydrogen-bond acceptors (Lipinski definition) is 3. The van der Waals surface area contributed by atoms with E-state index in [0.717, 1.165) is 28.0 Å². The summed E-state index contributed by atoms with van der Waals surface area (Å²) in [6.07, 6.45) is 4.08. The molecule has 0 bridgehead atoms. The van der Waals surface area contributed by atoms with Gasteiger partial charge in [0.15, 0.2) is 5.69 Å². The minimum atomic E-state index is -1.11. The summed E-state index contributed by atoms with van der Waals surface area (Å²) in [5, 5.41) is 10.9. The number of fused-ring (bicyclic) bond motifs is 1. The summed E-state index contributed by atoms with van der Waals surface area (Å²) in [6.45, 7) is 3.58. The first-order chi connectivity index (χ1) is 12.8. The fraction of sp³-hybridized carbons (Fsp3) is 0.450. The molecule has 1 saturated carbocycles. The zero-order chi connectivity index (χ0) is 19.2. The highest BCUT2D eigenvalue weighted by Crippen LogP contribution is 2.31. The van der Waals surface area contributed by atoms with Crippen LogP contribution in [0.4, 0.5) is 4.39 Å². The van der Waals surface area contributed by atoms with Crippen molar-refractivity contribution in [1.82, 2.24) is 25.1 Å². The summed E-state index contributed by atoms with van der Waals surface area (Å²) in [6, 6.07) is 5.87. The minimum absolute atomic E-state index is 0.00372. The van der Waals surface area contributed by atoms with Gasteiger partial charge in [-0.1, -0.05) is 6.07 Å². The van der Waals surface area contributed by atoms with Crippen LogP contribution in [0.25, 0.3) is 22.2 Å². The molecule has 2 heterocycles. The van der Waals surface area contributed by atoms with Crippen molar-refractivity contribution in [3.8, 4) is 11.3 Å². The first kappa shape index (κ1) is 17.7. The van der Waals surface area contributed by atoms with Crippen LogP contribution in [0.1, 0.15) is 48.9 Å². The highest BCUT2D eigenvalue weighted by atomic mass is 19.1. The molecule has 7 heteroatoms. The van der Waals surface area contributed by atoms with Crippen LogP contribution in [0.15, 0.2) is 24.4 Å². The molecule has 4 rings (SSSR count). The molecule has 1 amide bonds. The van der Waals surface area contributed by atoms with Gasteiger partial charge in [-0.05, 0) is 51.7 Å². The summed E-state index contributed by atoms with van der Waals surface area (Å²) < 4.78 is 16.0. The van der Waals surface area contributed by atoms with Crippen LogP contribution < -0.4 is 5.32 Å². The van der Waals surface area contributed by atoms with Gasteiger partial charge in [0.2, 0.25) is 0 Å². The van der Waals surface area contributed by atoms with Crippen LogP contribution in [0, 0.1) is 6.92 Å². The van der Waals surface area contributed by atoms with Gasteiger partial charge in [0.1, 0.15) is 11.5 Å². The Morgan fingerprint density at radius 1 is 1.37 bits per heavy atom. The van der Waals surface area contributed by atoms with Gasteiger partial charge in [0.25, 0.3) is 5.91 Å². The first-order valence-electron chi connectivity index (χ1n) is 9.31. The number of carbonyl (C=O) groups excluding carboxylic acids is 1. The molecule has 0 radical (unpaired) electrons. The van der Waals surface area contributed by atoms with E-state index in [9.17, 15) is 9.18 Å². The van der Waals surface area contributed by atoms with Crippen LogP contribution in [-0.4, -0.2) is 37.4 Å². The van der Waals surface area contributed by atoms with E-state index in [0.29, 0.717) is 31.4 Å². The van der Waals surface area contributed by atoms with Crippen molar-refractivity contribution >= 4 is 16.8 Å². The predicted octanol–water partition coefficient (Wildman–Crippen LogP) is 3.67. The number of nitrogens with one attached hydrogen (secondary N) is 2. The highest BCUT2D eigenvalue weighted by molar-refractivity contribution is 6.05. The lowest BCUT2D eigenvalue weighted by atomic mass is 9.85. The molecule has 0 aliphatic heterocycles. The Morgan fingerprint density at radius 2 is 2.11 bits per heavy atom. The number of aryl methyl sites for hydroxylation is 1. The lowest BCUT2D eigenvalue weighted by Gasteiger charge is -2.31. The van der Waals surface area contributed by atoms with E-state index in [1.807, 2.05) is 42.9 Å². The van der Waals surface area contributed by atoms with Gasteiger partial charge in [0, 0.05) is 24.0 Å². The Kier molecular flexibility index (Phi) is 4.25. The smallest absolute Gasteiger partial charge is 0.272 e. The number of imidazole rings is 1. The number of rotatable bonds is 3. The molecule has 3 aromatic rings. The minimum Gasteiger partial charge on any atom is -0.348 e. The number of hydrogen-bond donors (Lipinski definition) is 2. The van der Waals surface area contributed by atoms with E-state index in [1.165, 1.54) is 0 Å². The van der Waals surface area contributed by atoms with E-state index >= 15 is 0 Å². The normalized spacial score (nSPS) is 22.9. The Balaban J connectivity index is 1.59. The molecule has 0 unspecified atom stereocenters. The van der Waals surface area contributed by atoms with Crippen molar-refractivity contribution < 1.29 is 9.18 Å². The van der Waals surface area contributed by atoms with Crippen molar-refractivity contribution in [2.24, 2.45) is 7.05 Å². The Morgan fingerprint density at radius 3 is 2.78 bits per heavy atom. The summed E-state index contributed by atoms with van der Waals surface area (Å²) in [4.78, 5) is 17.1. The molecule has 2 N–H and O–H groups in total. The van der Waals surface area contributed by atoms with Crippen molar-refractivity contribution in [1.29, 1.82) is 0 Å². The molecule has 6 nitrogen and oxygen atoms in total. The second-order valence-corrected chi connectivity index (χ2v) is 7.74. The Hall–Kier alpha value is -2.70. The van der Waals surface area contributed by atoms with E-state index in [1.54, 1.807) is 6.92 Å². The van der Waals surface area contributed by atoms with Crippen LogP contribution >= 0.6 is 0 Å². The fourth-order valence-corrected chi connectivity index (χ4v) is 3.73. The standard InChI is InChI=1S/C20H24FN5O/c1-12-22-11-17(26(12)3)13-4-5-16-15(10-13)18(25-24-16)19(27)23-14-6-8-20(2,21)9-7-14/h4-5,10-11,14H,6-9H2,1-3H3,(H,23,27)(H,24,25). The predicted molar refractivity (Wildman–Crippen MR) is 102 cm³/mol. The number of aromatic amines is 1. The monoisotopic (exact) mass is 369 g/mol. The topological polar surface area (TPSA) is 75.6 Å². The molecule has 1 aliphatic carbocycles. The Bertz CT molecular complexity index is 993. The zero-order valence-electron chi connectivity index (χ0n) is 15.8. The number of halogens is 1. The number of nitrogens with zero attached hydrogens (tertiary/aromatic N) is 3. The number of H-pyrrole nitrogens is 1. The summed E-state index contributed by atoms with van der Waals surface area (Å²) in [7, 11) is 1.96. The van der Waals surface area contributed by atoms with E-state index in [2.05, 4.69) is 20.5 Å². The lowest BCUT2D eigenvalue weighted by molar-refractivity contribution is 0.0847. The summed E-state index contributed by atoms with van der Waals surface area (Å²) in [5.74, 6) is 0.708. The average Bonchev–Trinajstić information content (AvgIpc) is 3.20. The van der Waals surface area contributed by atoms with Crippen molar-refractivity contribution in [2.45, 2.75) is 51.2 Å². The number of carbonyl (C=O) groups is 1. The second kappa shape index (κ2) is 6.48. The van der Waals surface area contributed by atoms with Gasteiger partial charge in [-0.2, -0.15) is 5.10 Å². The molecule has 1 aromatic carbocycles. The van der Waals surface area contributed by atoms with Gasteiger partial charge >= 0.3 is 0 Å². The van der Waals surface area contributed by atoms with E-state index in [4.69, 9.17) is 0 Å². The third-order valence-corrected chi connectivity index (χ3v) is 5.66. The van der Waals surface area contributed by atoms with E-state index in [-0.39, 0.29) is 11.9 Å². The number of alkyl halides is 1. The SMILES string of the molecule is Cc1ncc(-c2ccc3[nH]nc(C(=O)NC4CCC(C)(F)CC4)c3c2)n1C. The van der Waals surface area contributed by atoms with Crippen molar-refractivity contribution in [3.63, 3.8) is 0 Å². The summed E-state index contributed by atoms with van der Waals surface area (Å²) >= 11 is 0. The summed E-state index contributed by atoms with van der Waals surface area (Å²) in [5.41, 5.74) is 2.03. The molecular formula is C20H24FN5O. The largest absolute Gasteiger partial charge is 0.348 e. The molecule has 2 aromatic heterocycles. The third-order valence-electron chi connectivity index (χ3n) is 5.66. The maximum Gasteiger partial charge on any atom is 0.272 e. The molecule has 27 heavy (non-hydrogen) atoms. The van der Waals surface area contributed by atoms with Crippen LogP contribution in [0.2, 0.25) is 0 Å². The van der Waals surface area contributed by atoms with Gasteiger partial charge in [-0.25, -0.2) is 9.37 Å². The number of amides is 1.